The Kier molecular flexibility index (Phi) is 7.11. The second kappa shape index (κ2) is 5.26. The molecule has 0 radical (unpaired) electrons. The molecule has 0 rings (SSSR count). The van der Waals surface area contributed by atoms with Crippen LogP contribution in [0.2, 0.25) is 0 Å². The van der Waals surface area contributed by atoms with Crippen LogP contribution in [0.4, 0.5) is 13.2 Å². The Morgan fingerprint density at radius 1 is 1.33 bits per heavy atom. The van der Waals surface area contributed by atoms with Gasteiger partial charge >= 0.3 is 35.7 Å². The normalized spacial score (nSPS) is 10.7. The van der Waals surface area contributed by atoms with E-state index in [1.165, 1.54) is 0 Å². The van der Waals surface area contributed by atoms with Gasteiger partial charge in [-0.1, -0.05) is 0 Å². The van der Waals surface area contributed by atoms with Crippen LogP contribution in [-0.2, 0) is 11.4 Å². The van der Waals surface area contributed by atoms with E-state index in [0.29, 0.717) is 0 Å². The van der Waals surface area contributed by atoms with Gasteiger partial charge in [0, 0.05) is 0 Å². The van der Waals surface area contributed by atoms with Gasteiger partial charge in [-0.15, -0.1) is 0 Å². The zero-order chi connectivity index (χ0) is 8.08. The van der Waals surface area contributed by atoms with Crippen molar-refractivity contribution in [3.8, 4) is 0 Å². The topological polar surface area (TPSA) is 57.5 Å². The first-order valence-electron chi connectivity index (χ1n) is 1.60. The average molecular weight is 158 g/mol. The molecular formula is CH2F3LiO3S. The van der Waals surface area contributed by atoms with E-state index in [1.807, 2.05) is 0 Å². The predicted molar refractivity (Wildman–Crippen MR) is 25.2 cm³/mol. The van der Waals surface area contributed by atoms with Crippen molar-refractivity contribution in [1.82, 2.24) is 0 Å². The van der Waals surface area contributed by atoms with Gasteiger partial charge < -0.3 is 0 Å². The van der Waals surface area contributed by atoms with Crippen LogP contribution in [0.5, 0.6) is 0 Å². The first-order chi connectivity index (χ1) is 3.73. The molecule has 0 saturated heterocycles. The van der Waals surface area contributed by atoms with E-state index in [1.54, 1.807) is 0 Å². The van der Waals surface area contributed by atoms with E-state index in [9.17, 15) is 13.2 Å². The molecule has 3 nitrogen and oxygen atoms in total. The average Bonchev–Trinajstić information content (AvgIpc) is 1.19. The summed E-state index contributed by atoms with van der Waals surface area (Å²) in [5.74, 6) is 0. The van der Waals surface area contributed by atoms with Gasteiger partial charge in [-0.3, -0.25) is 9.11 Å². The Morgan fingerprint density at radius 3 is 1.33 bits per heavy atom. The fraction of sp³-hybridized carbons (Fsp3) is 1.00. The third kappa shape index (κ3) is 1690. The van der Waals surface area contributed by atoms with Crippen molar-refractivity contribution in [3.05, 3.63) is 0 Å². The van der Waals surface area contributed by atoms with E-state index in [-0.39, 0.29) is 17.7 Å². The summed E-state index contributed by atoms with van der Waals surface area (Å²) in [5.41, 5.74) is 0. The van der Waals surface area contributed by atoms with Gasteiger partial charge in [-0.2, -0.15) is 4.21 Å². The van der Waals surface area contributed by atoms with E-state index < -0.39 is 16.2 Å². The van der Waals surface area contributed by atoms with E-state index in [0.717, 1.165) is 0 Å². The summed E-state index contributed by atoms with van der Waals surface area (Å²) in [7, 11) is 0. The van der Waals surface area contributed by atoms with Crippen molar-refractivity contribution in [2.45, 2.75) is 4.85 Å². The number of hydrogen-bond acceptors (Lipinski definition) is 1. The summed E-state index contributed by atoms with van der Waals surface area (Å²) in [4.78, 5) is -4.00. The van der Waals surface area contributed by atoms with Crippen LogP contribution < -0.4 is 0 Å². The molecular weight excluding hydrogens is 156 g/mol. The fourth-order valence-corrected chi connectivity index (χ4v) is 0. The monoisotopic (exact) mass is 158 g/mol. The maximum atomic E-state index is 10.4. The van der Waals surface area contributed by atoms with Gasteiger partial charge in [0.1, 0.15) is 0 Å². The molecule has 2 N–H and O–H groups in total. The Morgan fingerprint density at radius 2 is 1.33 bits per heavy atom. The third-order valence-electron chi connectivity index (χ3n) is 0. The predicted octanol–water partition coefficient (Wildman–Crippen LogP) is 0.356. The van der Waals surface area contributed by atoms with Gasteiger partial charge in [0.15, 0.2) is 0 Å². The Hall–Kier alpha value is 0.457. The Labute approximate surface area is 60.9 Å². The van der Waals surface area contributed by atoms with Crippen LogP contribution in [-0.4, -0.2) is 35.9 Å². The van der Waals surface area contributed by atoms with Crippen LogP contribution in [0.15, 0.2) is 0 Å². The molecule has 0 aliphatic heterocycles. The minimum atomic E-state index is -4.00. The van der Waals surface area contributed by atoms with Crippen LogP contribution >= 0.6 is 0 Å². The molecule has 0 aromatic heterocycles. The van der Waals surface area contributed by atoms with Crippen LogP contribution in [0, 0.1) is 0 Å². The second-order valence-corrected chi connectivity index (χ2v) is 1.47. The number of rotatable bonds is 0. The molecule has 0 aliphatic rings. The van der Waals surface area contributed by atoms with Gasteiger partial charge in [0.25, 0.3) is 11.4 Å². The van der Waals surface area contributed by atoms with Crippen LogP contribution in [0.25, 0.3) is 0 Å². The van der Waals surface area contributed by atoms with E-state index >= 15 is 0 Å². The molecule has 0 spiro atoms. The summed E-state index contributed by atoms with van der Waals surface area (Å²) >= 11 is -2.42. The molecule has 0 unspecified atom stereocenters. The number of hydrogen-bond donors (Lipinski definition) is 2. The summed E-state index contributed by atoms with van der Waals surface area (Å²) in [6.07, 6.45) is 0. The molecule has 0 aromatic carbocycles. The molecule has 0 aliphatic carbocycles. The Bertz CT molecular complexity index is 81.5. The summed E-state index contributed by atoms with van der Waals surface area (Å²) in [6.45, 7) is 0. The molecule has 52 valence electrons. The van der Waals surface area contributed by atoms with Crippen LogP contribution in [0.1, 0.15) is 0 Å². The molecule has 0 fully saturated rings. The molecule has 8 heteroatoms. The molecule has 0 heterocycles. The van der Waals surface area contributed by atoms with E-state index in [2.05, 4.69) is 0 Å². The maximum absolute atomic E-state index is 10.4. The molecule has 0 amide bonds. The van der Waals surface area contributed by atoms with Gasteiger partial charge in [-0.05, 0) is 0 Å². The van der Waals surface area contributed by atoms with Crippen molar-refractivity contribution >= 4 is 29.1 Å². The standard InChI is InChI=1S/CF3.Li.H2O3S/c2-1(3)4;;1-4(2)3/h;;(H2,1,2,3). The molecule has 9 heavy (non-hydrogen) atoms. The summed E-state index contributed by atoms with van der Waals surface area (Å²) in [6, 6.07) is 0. The van der Waals surface area contributed by atoms with E-state index in [4.69, 9.17) is 13.3 Å². The number of alkyl halides is 3. The molecule has 0 bridgehead atoms. The zero-order valence-electron chi connectivity index (χ0n) is 4.34. The molecule has 0 aromatic rings. The third-order valence-corrected chi connectivity index (χ3v) is 0. The Balaban J connectivity index is 0. The van der Waals surface area contributed by atoms with Crippen molar-refractivity contribution in [1.29, 1.82) is 0 Å². The van der Waals surface area contributed by atoms with Crippen molar-refractivity contribution in [3.63, 3.8) is 0 Å². The molecule has 0 saturated carbocycles. The quantitative estimate of drug-likeness (QED) is 0.395. The minimum absolute atomic E-state index is 0.188. The van der Waals surface area contributed by atoms with Gasteiger partial charge in [0.05, 0.1) is 0 Å². The first-order valence-corrected chi connectivity index (χ1v) is 2.66. The second-order valence-electron chi connectivity index (χ2n) is 1.01. The SMILES string of the molecule is O=S(O)O.[Li][C](F)(F)F. The van der Waals surface area contributed by atoms with Crippen molar-refractivity contribution < 1.29 is 26.5 Å². The van der Waals surface area contributed by atoms with Crippen molar-refractivity contribution in [2.24, 2.45) is 0 Å². The fourth-order valence-electron chi connectivity index (χ4n) is 0. The first kappa shape index (κ1) is 12.2. The van der Waals surface area contributed by atoms with Gasteiger partial charge in [-0.25, -0.2) is 0 Å². The van der Waals surface area contributed by atoms with Crippen molar-refractivity contribution in [2.75, 3.05) is 0 Å². The molecule has 0 atom stereocenters. The zero-order valence-corrected chi connectivity index (χ0v) is 5.16. The summed E-state index contributed by atoms with van der Waals surface area (Å²) in [5, 5.41) is 0. The summed E-state index contributed by atoms with van der Waals surface area (Å²) < 4.78 is 53.9. The number of halogens is 3. The van der Waals surface area contributed by atoms with Crippen LogP contribution in [0.3, 0.4) is 0 Å². The van der Waals surface area contributed by atoms with Gasteiger partial charge in [0.2, 0.25) is 0 Å².